The van der Waals surface area contributed by atoms with Crippen LogP contribution in [0, 0.1) is 6.92 Å². The molecule has 0 fully saturated rings. The Bertz CT molecular complexity index is 954. The minimum Gasteiger partial charge on any atom is -0.481 e. The van der Waals surface area contributed by atoms with Crippen LogP contribution in [0.25, 0.3) is 0 Å². The largest absolute Gasteiger partial charge is 0.481 e. The fraction of sp³-hybridized carbons (Fsp3) is 0.353. The number of nitrogens with zero attached hydrogens (tertiary/aromatic N) is 6. The van der Waals surface area contributed by atoms with E-state index in [-0.39, 0.29) is 24.6 Å². The van der Waals surface area contributed by atoms with Gasteiger partial charge in [0.2, 0.25) is 0 Å². The van der Waals surface area contributed by atoms with Crippen molar-refractivity contribution >= 4 is 17.6 Å². The van der Waals surface area contributed by atoms with Crippen molar-refractivity contribution < 1.29 is 14.7 Å². The molecule has 2 N–H and O–H groups in total. The molecule has 0 unspecified atom stereocenters. The third-order valence-corrected chi connectivity index (χ3v) is 4.16. The Labute approximate surface area is 155 Å². The Hall–Kier alpha value is -3.43. The zero-order valence-electron chi connectivity index (χ0n) is 15.2. The van der Waals surface area contributed by atoms with Crippen molar-refractivity contribution in [2.75, 3.05) is 5.32 Å². The second-order valence-electron chi connectivity index (χ2n) is 6.06. The van der Waals surface area contributed by atoms with Crippen molar-refractivity contribution in [1.82, 2.24) is 29.3 Å². The molecule has 27 heavy (non-hydrogen) atoms. The van der Waals surface area contributed by atoms with Gasteiger partial charge in [0.15, 0.2) is 5.69 Å². The lowest BCUT2D eigenvalue weighted by Crippen LogP contribution is -2.13. The number of carboxylic acid groups (broad SMARTS) is 1. The van der Waals surface area contributed by atoms with E-state index in [0.29, 0.717) is 12.2 Å². The molecule has 0 aliphatic rings. The first-order valence-corrected chi connectivity index (χ1v) is 8.56. The summed E-state index contributed by atoms with van der Waals surface area (Å²) in [4.78, 5) is 22.9. The van der Waals surface area contributed by atoms with Gasteiger partial charge >= 0.3 is 5.97 Å². The minimum absolute atomic E-state index is 0.0520. The molecule has 0 aliphatic heterocycles. The maximum Gasteiger partial charge on any atom is 0.305 e. The highest BCUT2D eigenvalue weighted by Gasteiger charge is 2.12. The van der Waals surface area contributed by atoms with E-state index in [1.54, 1.807) is 29.3 Å². The summed E-state index contributed by atoms with van der Waals surface area (Å²) in [6.45, 7) is 5.63. The van der Waals surface area contributed by atoms with Crippen LogP contribution in [-0.4, -0.2) is 46.3 Å². The molecule has 3 aromatic rings. The maximum atomic E-state index is 12.3. The van der Waals surface area contributed by atoms with Gasteiger partial charge in [0.1, 0.15) is 0 Å². The highest BCUT2D eigenvalue weighted by molar-refractivity contribution is 6.02. The van der Waals surface area contributed by atoms with Crippen molar-refractivity contribution in [3.05, 3.63) is 47.8 Å². The van der Waals surface area contributed by atoms with Crippen LogP contribution in [0.1, 0.15) is 35.1 Å². The highest BCUT2D eigenvalue weighted by atomic mass is 16.4. The van der Waals surface area contributed by atoms with E-state index < -0.39 is 5.97 Å². The van der Waals surface area contributed by atoms with E-state index in [9.17, 15) is 9.59 Å². The van der Waals surface area contributed by atoms with Crippen LogP contribution < -0.4 is 5.32 Å². The molecule has 0 spiro atoms. The number of hydrogen-bond acceptors (Lipinski definition) is 5. The molecule has 0 aliphatic carbocycles. The van der Waals surface area contributed by atoms with Crippen LogP contribution in [-0.2, 0) is 24.4 Å². The Morgan fingerprint density at radius 1 is 1.22 bits per heavy atom. The van der Waals surface area contributed by atoms with Crippen molar-refractivity contribution in [2.45, 2.75) is 39.9 Å². The second-order valence-corrected chi connectivity index (χ2v) is 6.06. The maximum absolute atomic E-state index is 12.3. The van der Waals surface area contributed by atoms with E-state index in [2.05, 4.69) is 20.6 Å². The summed E-state index contributed by atoms with van der Waals surface area (Å²) < 4.78 is 5.08. The average Bonchev–Trinajstić information content (AvgIpc) is 3.35. The summed E-state index contributed by atoms with van der Waals surface area (Å²) >= 11 is 0. The molecule has 0 bridgehead atoms. The molecular formula is C17H21N7O3. The zero-order valence-corrected chi connectivity index (χ0v) is 15.2. The molecule has 0 saturated heterocycles. The molecule has 3 heterocycles. The highest BCUT2D eigenvalue weighted by Crippen LogP contribution is 2.12. The summed E-state index contributed by atoms with van der Waals surface area (Å²) in [5, 5.41) is 24.1. The van der Waals surface area contributed by atoms with Crippen LogP contribution >= 0.6 is 0 Å². The molecule has 142 valence electrons. The van der Waals surface area contributed by atoms with Gasteiger partial charge in [0, 0.05) is 30.2 Å². The lowest BCUT2D eigenvalue weighted by molar-refractivity contribution is -0.137. The lowest BCUT2D eigenvalue weighted by atomic mass is 10.2. The number of hydrogen-bond donors (Lipinski definition) is 2. The number of nitrogens with one attached hydrogen (secondary N) is 1. The van der Waals surface area contributed by atoms with E-state index >= 15 is 0 Å². The normalized spacial score (nSPS) is 10.9. The number of aromatic nitrogens is 6. The monoisotopic (exact) mass is 371 g/mol. The second kappa shape index (κ2) is 7.85. The predicted octanol–water partition coefficient (Wildman–Crippen LogP) is 1.38. The number of rotatable bonds is 8. The van der Waals surface area contributed by atoms with Gasteiger partial charge in [-0.15, -0.1) is 0 Å². The molecular weight excluding hydrogens is 350 g/mol. The van der Waals surface area contributed by atoms with Crippen LogP contribution in [0.5, 0.6) is 0 Å². The SMILES string of the molecule is CCn1ncc(Cn2cc(NC(=O)c3ccn(CCC(=O)O)n3)cn2)c1C. The van der Waals surface area contributed by atoms with Crippen LogP contribution in [0.2, 0.25) is 0 Å². The third-order valence-electron chi connectivity index (χ3n) is 4.16. The Morgan fingerprint density at radius 3 is 2.74 bits per heavy atom. The van der Waals surface area contributed by atoms with E-state index in [4.69, 9.17) is 5.11 Å². The number of carboxylic acids is 1. The van der Waals surface area contributed by atoms with Gasteiger partial charge in [-0.3, -0.25) is 23.6 Å². The van der Waals surface area contributed by atoms with Crippen LogP contribution in [0.3, 0.4) is 0 Å². The molecule has 0 atom stereocenters. The fourth-order valence-corrected chi connectivity index (χ4v) is 2.66. The van der Waals surface area contributed by atoms with Gasteiger partial charge in [-0.05, 0) is 19.9 Å². The number of carbonyl (C=O) groups excluding carboxylic acids is 1. The summed E-state index contributed by atoms with van der Waals surface area (Å²) in [5.74, 6) is -1.29. The number of aliphatic carboxylic acids is 1. The van der Waals surface area contributed by atoms with Crippen molar-refractivity contribution in [1.29, 1.82) is 0 Å². The van der Waals surface area contributed by atoms with Crippen LogP contribution in [0.4, 0.5) is 5.69 Å². The molecule has 3 rings (SSSR count). The molecule has 1 amide bonds. The number of amides is 1. The van der Waals surface area contributed by atoms with Gasteiger partial charge in [0.05, 0.1) is 37.6 Å². The zero-order chi connectivity index (χ0) is 19.4. The van der Waals surface area contributed by atoms with E-state index in [0.717, 1.165) is 17.8 Å². The van der Waals surface area contributed by atoms with E-state index in [1.165, 1.54) is 4.68 Å². The lowest BCUT2D eigenvalue weighted by Gasteiger charge is -2.03. The molecule has 3 aromatic heterocycles. The molecule has 0 aromatic carbocycles. The van der Waals surface area contributed by atoms with Gasteiger partial charge < -0.3 is 10.4 Å². The Balaban J connectivity index is 1.60. The number of aryl methyl sites for hydroxylation is 2. The van der Waals surface area contributed by atoms with Crippen molar-refractivity contribution in [3.63, 3.8) is 0 Å². The quantitative estimate of drug-likeness (QED) is 0.617. The fourth-order valence-electron chi connectivity index (χ4n) is 2.66. The topological polar surface area (TPSA) is 120 Å². The molecule has 10 nitrogen and oxygen atoms in total. The first-order valence-electron chi connectivity index (χ1n) is 8.56. The van der Waals surface area contributed by atoms with Gasteiger partial charge in [-0.2, -0.15) is 15.3 Å². The Kier molecular flexibility index (Phi) is 5.34. The number of carbonyl (C=O) groups is 2. The van der Waals surface area contributed by atoms with Crippen LogP contribution in [0.15, 0.2) is 30.9 Å². The summed E-state index contributed by atoms with van der Waals surface area (Å²) in [6, 6.07) is 1.55. The van der Waals surface area contributed by atoms with Gasteiger partial charge in [-0.25, -0.2) is 0 Å². The smallest absolute Gasteiger partial charge is 0.305 e. The molecule has 0 saturated carbocycles. The summed E-state index contributed by atoms with van der Waals surface area (Å²) in [7, 11) is 0. The average molecular weight is 371 g/mol. The summed E-state index contributed by atoms with van der Waals surface area (Å²) in [5.41, 5.74) is 2.93. The standard InChI is InChI=1S/C17H21N7O3/c1-3-24-12(2)13(8-19-24)10-23-11-14(9-18-23)20-17(27)15-4-6-22(21-15)7-5-16(25)26/h4,6,8-9,11H,3,5,7,10H2,1-2H3,(H,20,27)(H,25,26). The van der Waals surface area contributed by atoms with Crippen molar-refractivity contribution in [2.24, 2.45) is 0 Å². The predicted molar refractivity (Wildman–Crippen MR) is 96.4 cm³/mol. The first-order chi connectivity index (χ1) is 13.0. The summed E-state index contributed by atoms with van der Waals surface area (Å²) in [6.07, 6.45) is 6.66. The van der Waals surface area contributed by atoms with Gasteiger partial charge in [-0.1, -0.05) is 0 Å². The molecule has 10 heteroatoms. The number of anilines is 1. The van der Waals surface area contributed by atoms with E-state index in [1.807, 2.05) is 24.7 Å². The van der Waals surface area contributed by atoms with Crippen molar-refractivity contribution in [3.8, 4) is 0 Å². The Morgan fingerprint density at radius 2 is 2.04 bits per heavy atom. The first kappa shape index (κ1) is 18.4. The minimum atomic E-state index is -0.913. The molecule has 0 radical (unpaired) electrons. The third kappa shape index (κ3) is 4.40. The van der Waals surface area contributed by atoms with Gasteiger partial charge in [0.25, 0.3) is 5.91 Å².